The molecule has 0 aromatic heterocycles. The Hall–Kier alpha value is -1.75. The van der Waals surface area contributed by atoms with Crippen molar-refractivity contribution in [2.45, 2.75) is 13.0 Å². The van der Waals surface area contributed by atoms with Crippen molar-refractivity contribution < 1.29 is 19.0 Å². The van der Waals surface area contributed by atoms with Crippen molar-refractivity contribution in [3.05, 3.63) is 23.8 Å². The number of fused-ring (bicyclic) bond motifs is 1. The maximum atomic E-state index is 11.0. The van der Waals surface area contributed by atoms with Gasteiger partial charge in [-0.05, 0) is 6.07 Å². The summed E-state index contributed by atoms with van der Waals surface area (Å²) in [7, 11) is 1.37. The van der Waals surface area contributed by atoms with Crippen LogP contribution < -0.4 is 14.8 Å². The van der Waals surface area contributed by atoms with Crippen LogP contribution in [0, 0.1) is 0 Å². The van der Waals surface area contributed by atoms with Gasteiger partial charge in [-0.1, -0.05) is 12.1 Å². The molecular weight excluding hydrogens is 234 g/mol. The lowest BCUT2D eigenvalue weighted by Crippen LogP contribution is -2.23. The lowest BCUT2D eigenvalue weighted by molar-refractivity contribution is -0.139. The molecule has 0 radical (unpaired) electrons. The number of para-hydroxylation sites is 1. The van der Waals surface area contributed by atoms with E-state index in [1.807, 2.05) is 18.2 Å². The summed E-state index contributed by atoms with van der Waals surface area (Å²) in [5, 5.41) is 3.01. The van der Waals surface area contributed by atoms with E-state index in [9.17, 15) is 4.79 Å². The topological polar surface area (TPSA) is 56.8 Å². The van der Waals surface area contributed by atoms with E-state index >= 15 is 0 Å². The fourth-order valence-corrected chi connectivity index (χ4v) is 1.76. The summed E-state index contributed by atoms with van der Waals surface area (Å²) in [5.74, 6) is 1.26. The van der Waals surface area contributed by atoms with E-state index in [-0.39, 0.29) is 12.5 Å². The number of hydrogen-bond donors (Lipinski definition) is 1. The monoisotopic (exact) mass is 251 g/mol. The highest BCUT2D eigenvalue weighted by Crippen LogP contribution is 2.32. The molecule has 1 aromatic rings. The number of hydrogen-bond acceptors (Lipinski definition) is 5. The van der Waals surface area contributed by atoms with Crippen LogP contribution in [0.1, 0.15) is 12.0 Å². The summed E-state index contributed by atoms with van der Waals surface area (Å²) in [6.07, 6.45) is 0.879. The molecule has 1 aliphatic rings. The van der Waals surface area contributed by atoms with E-state index in [4.69, 9.17) is 9.47 Å². The average molecular weight is 251 g/mol. The van der Waals surface area contributed by atoms with Gasteiger partial charge in [-0.25, -0.2) is 0 Å². The van der Waals surface area contributed by atoms with E-state index < -0.39 is 0 Å². The van der Waals surface area contributed by atoms with Gasteiger partial charge >= 0.3 is 5.97 Å². The Balaban J connectivity index is 2.02. The van der Waals surface area contributed by atoms with E-state index in [0.717, 1.165) is 23.5 Å². The molecule has 0 bridgehead atoms. The zero-order valence-corrected chi connectivity index (χ0v) is 10.4. The molecule has 0 unspecified atom stereocenters. The summed E-state index contributed by atoms with van der Waals surface area (Å²) in [4.78, 5) is 11.0. The van der Waals surface area contributed by atoms with Crippen LogP contribution in [-0.4, -0.2) is 32.8 Å². The minimum atomic E-state index is -0.283. The van der Waals surface area contributed by atoms with E-state index in [1.165, 1.54) is 7.11 Å². The van der Waals surface area contributed by atoms with Gasteiger partial charge in [0.05, 0.1) is 26.9 Å². The molecule has 1 heterocycles. The summed E-state index contributed by atoms with van der Waals surface area (Å²) < 4.78 is 15.8. The number of benzene rings is 1. The minimum absolute atomic E-state index is 0.182. The Morgan fingerprint density at radius 1 is 1.39 bits per heavy atom. The SMILES string of the molecule is COC(=O)CNCc1cccc2c1OCCCO2. The Morgan fingerprint density at radius 3 is 3.06 bits per heavy atom. The number of carbonyl (C=O) groups excluding carboxylic acids is 1. The molecule has 0 fully saturated rings. The van der Waals surface area contributed by atoms with Crippen molar-refractivity contribution in [1.29, 1.82) is 0 Å². The predicted octanol–water partition coefficient (Wildman–Crippen LogP) is 1.11. The molecule has 0 saturated heterocycles. The first-order chi connectivity index (χ1) is 8.81. The summed E-state index contributed by atoms with van der Waals surface area (Å²) in [6, 6.07) is 5.77. The lowest BCUT2D eigenvalue weighted by Gasteiger charge is -2.12. The Kier molecular flexibility index (Phi) is 4.41. The number of methoxy groups -OCH3 is 1. The van der Waals surface area contributed by atoms with Gasteiger partial charge in [0.15, 0.2) is 11.5 Å². The van der Waals surface area contributed by atoms with Crippen LogP contribution in [0.25, 0.3) is 0 Å². The van der Waals surface area contributed by atoms with Crippen molar-refractivity contribution in [3.8, 4) is 11.5 Å². The summed E-state index contributed by atoms with van der Waals surface area (Å²) in [5.41, 5.74) is 0.985. The smallest absolute Gasteiger partial charge is 0.319 e. The van der Waals surface area contributed by atoms with Gasteiger partial charge in [-0.15, -0.1) is 0 Å². The Morgan fingerprint density at radius 2 is 2.22 bits per heavy atom. The third-order valence-electron chi connectivity index (χ3n) is 2.67. The van der Waals surface area contributed by atoms with Gasteiger partial charge in [-0.3, -0.25) is 4.79 Å². The van der Waals surface area contributed by atoms with Crippen LogP contribution in [-0.2, 0) is 16.1 Å². The molecular formula is C13H17NO4. The Labute approximate surface area is 106 Å². The van der Waals surface area contributed by atoms with Crippen molar-refractivity contribution in [2.24, 2.45) is 0 Å². The maximum absolute atomic E-state index is 11.0. The highest BCUT2D eigenvalue weighted by atomic mass is 16.5. The third-order valence-corrected chi connectivity index (χ3v) is 2.67. The fourth-order valence-electron chi connectivity index (χ4n) is 1.76. The van der Waals surface area contributed by atoms with Gasteiger partial charge in [0.2, 0.25) is 0 Å². The maximum Gasteiger partial charge on any atom is 0.319 e. The standard InChI is InChI=1S/C13H17NO4/c1-16-12(15)9-14-8-10-4-2-5-11-13(10)18-7-3-6-17-11/h2,4-5,14H,3,6-9H2,1H3. The molecule has 98 valence electrons. The second kappa shape index (κ2) is 6.26. The van der Waals surface area contributed by atoms with Crippen LogP contribution in [0.5, 0.6) is 11.5 Å². The first-order valence-corrected chi connectivity index (χ1v) is 5.96. The predicted molar refractivity (Wildman–Crippen MR) is 65.8 cm³/mol. The molecule has 0 saturated carbocycles. The largest absolute Gasteiger partial charge is 0.490 e. The van der Waals surface area contributed by atoms with Crippen molar-refractivity contribution >= 4 is 5.97 Å². The molecule has 5 nitrogen and oxygen atoms in total. The first kappa shape index (κ1) is 12.7. The molecule has 18 heavy (non-hydrogen) atoms. The number of nitrogens with one attached hydrogen (secondary N) is 1. The van der Waals surface area contributed by atoms with Gasteiger partial charge in [0.25, 0.3) is 0 Å². The first-order valence-electron chi connectivity index (χ1n) is 5.96. The molecule has 5 heteroatoms. The van der Waals surface area contributed by atoms with Gasteiger partial charge in [-0.2, -0.15) is 0 Å². The molecule has 1 N–H and O–H groups in total. The highest BCUT2D eigenvalue weighted by Gasteiger charge is 2.14. The Bertz CT molecular complexity index is 419. The van der Waals surface area contributed by atoms with Crippen molar-refractivity contribution in [3.63, 3.8) is 0 Å². The second-order valence-electron chi connectivity index (χ2n) is 3.97. The van der Waals surface area contributed by atoms with Crippen LogP contribution in [0.15, 0.2) is 18.2 Å². The van der Waals surface area contributed by atoms with Gasteiger partial charge in [0, 0.05) is 18.5 Å². The zero-order chi connectivity index (χ0) is 12.8. The quantitative estimate of drug-likeness (QED) is 0.812. The van der Waals surface area contributed by atoms with Gasteiger partial charge < -0.3 is 19.5 Å². The zero-order valence-electron chi connectivity index (χ0n) is 10.4. The summed E-state index contributed by atoms with van der Waals surface area (Å²) in [6.45, 7) is 2.05. The van der Waals surface area contributed by atoms with Crippen LogP contribution in [0.2, 0.25) is 0 Å². The summed E-state index contributed by atoms with van der Waals surface area (Å²) >= 11 is 0. The normalized spacial score (nSPS) is 13.8. The van der Waals surface area contributed by atoms with E-state index in [1.54, 1.807) is 0 Å². The van der Waals surface area contributed by atoms with Crippen LogP contribution >= 0.6 is 0 Å². The molecule has 2 rings (SSSR count). The van der Waals surface area contributed by atoms with E-state index in [2.05, 4.69) is 10.1 Å². The van der Waals surface area contributed by atoms with Crippen molar-refractivity contribution in [2.75, 3.05) is 26.9 Å². The number of rotatable bonds is 4. The fraction of sp³-hybridized carbons (Fsp3) is 0.462. The lowest BCUT2D eigenvalue weighted by atomic mass is 10.2. The minimum Gasteiger partial charge on any atom is -0.490 e. The molecule has 0 amide bonds. The average Bonchev–Trinajstić information content (AvgIpc) is 2.64. The number of carbonyl (C=O) groups is 1. The van der Waals surface area contributed by atoms with Gasteiger partial charge in [0.1, 0.15) is 0 Å². The molecule has 1 aromatic carbocycles. The highest BCUT2D eigenvalue weighted by molar-refractivity contribution is 5.71. The van der Waals surface area contributed by atoms with Crippen molar-refractivity contribution in [1.82, 2.24) is 5.32 Å². The molecule has 1 aliphatic heterocycles. The van der Waals surface area contributed by atoms with Crippen LogP contribution in [0.3, 0.4) is 0 Å². The number of ether oxygens (including phenoxy) is 3. The molecule has 0 aliphatic carbocycles. The molecule has 0 atom stereocenters. The second-order valence-corrected chi connectivity index (χ2v) is 3.97. The third kappa shape index (κ3) is 3.13. The van der Waals surface area contributed by atoms with Crippen LogP contribution in [0.4, 0.5) is 0 Å². The number of esters is 1. The molecule has 0 spiro atoms. The van der Waals surface area contributed by atoms with E-state index in [0.29, 0.717) is 19.8 Å².